The van der Waals surface area contributed by atoms with Crippen molar-refractivity contribution in [2.24, 2.45) is 0 Å². The van der Waals surface area contributed by atoms with Crippen molar-refractivity contribution in [3.8, 4) is 0 Å². The average Bonchev–Trinajstić information content (AvgIpc) is 3.31. The van der Waals surface area contributed by atoms with Crippen LogP contribution in [0.1, 0.15) is 271 Å². The van der Waals surface area contributed by atoms with Crippen molar-refractivity contribution in [2.45, 2.75) is 277 Å². The molecular weight excluding hydrogens is 817 g/mol. The number of allylic oxidation sites excluding steroid dienone is 12. The Balaban J connectivity index is 4.40. The van der Waals surface area contributed by atoms with Gasteiger partial charge in [0.2, 0.25) is 0 Å². The fraction of sp³-hybridized carbons (Fsp3) is 0.750. The van der Waals surface area contributed by atoms with Crippen LogP contribution in [0.5, 0.6) is 0 Å². The summed E-state index contributed by atoms with van der Waals surface area (Å²) in [5.41, 5.74) is 0. The van der Waals surface area contributed by atoms with Crippen LogP contribution in [0, 0.1) is 0 Å². The first kappa shape index (κ1) is 62.8. The first-order chi connectivity index (χ1) is 32.5. The first-order valence-electron chi connectivity index (χ1n) is 27.9. The van der Waals surface area contributed by atoms with Crippen LogP contribution in [0.4, 0.5) is 0 Å². The standard InChI is InChI=1S/C60H104O6/c1-4-7-10-13-16-19-22-25-27-29-30-32-33-35-38-41-44-47-50-53-59(62)65-56-57(55-64-58(61)52-49-46-43-40-37-24-21-18-15-12-9-6-3)66-60(63)54-51-48-45-42-39-36-34-31-28-26-23-20-17-14-11-8-5-2/h16-21,25-28,34,36,57H,4-15,22-24,29-33,35,37-56H2,1-3H3/b19-16-,20-17-,21-18-,27-25-,28-26-,36-34-/t57-/m1/s1. The Morgan fingerprint density at radius 3 is 0.864 bits per heavy atom. The van der Waals surface area contributed by atoms with Crippen LogP contribution in [0.15, 0.2) is 72.9 Å². The van der Waals surface area contributed by atoms with E-state index in [1.807, 2.05) is 0 Å². The molecule has 0 bridgehead atoms. The molecule has 0 aliphatic carbocycles. The summed E-state index contributed by atoms with van der Waals surface area (Å²) >= 11 is 0. The zero-order chi connectivity index (χ0) is 47.9. The molecule has 0 N–H and O–H groups in total. The minimum absolute atomic E-state index is 0.0891. The van der Waals surface area contributed by atoms with E-state index in [9.17, 15) is 14.4 Å². The first-order valence-corrected chi connectivity index (χ1v) is 27.9. The number of carbonyl (C=O) groups excluding carboxylic acids is 3. The van der Waals surface area contributed by atoms with Crippen LogP contribution in [0.25, 0.3) is 0 Å². The van der Waals surface area contributed by atoms with E-state index in [1.165, 1.54) is 135 Å². The van der Waals surface area contributed by atoms with Gasteiger partial charge in [0.05, 0.1) is 0 Å². The molecule has 0 unspecified atom stereocenters. The average molecular weight is 921 g/mol. The van der Waals surface area contributed by atoms with Crippen LogP contribution in [0.3, 0.4) is 0 Å². The SMILES string of the molecule is CCCCC/C=C\C/C=C\C/C=C\CCCCCCC(=O)O[C@H](COC(=O)CCCCCCC/C=C\CCCCC)COC(=O)CCCCCCCCCCC/C=C\C/C=C\CCCCC. The molecule has 0 spiro atoms. The number of hydrogen-bond donors (Lipinski definition) is 0. The molecule has 0 saturated heterocycles. The Bertz CT molecular complexity index is 1240. The van der Waals surface area contributed by atoms with E-state index in [0.717, 1.165) is 96.3 Å². The highest BCUT2D eigenvalue weighted by Crippen LogP contribution is 2.14. The third-order valence-electron chi connectivity index (χ3n) is 11.9. The van der Waals surface area contributed by atoms with Gasteiger partial charge in [-0.25, -0.2) is 0 Å². The van der Waals surface area contributed by atoms with Crippen molar-refractivity contribution in [1.82, 2.24) is 0 Å². The van der Waals surface area contributed by atoms with Gasteiger partial charge in [-0.05, 0) is 116 Å². The summed E-state index contributed by atoms with van der Waals surface area (Å²) in [5.74, 6) is -0.919. The number of ether oxygens (including phenoxy) is 3. The maximum Gasteiger partial charge on any atom is 0.306 e. The summed E-state index contributed by atoms with van der Waals surface area (Å²) in [6.07, 6.45) is 68.8. The van der Waals surface area contributed by atoms with Crippen molar-refractivity contribution < 1.29 is 28.6 Å². The van der Waals surface area contributed by atoms with E-state index in [1.54, 1.807) is 0 Å². The predicted molar refractivity (Wildman–Crippen MR) is 284 cm³/mol. The Hall–Kier alpha value is -3.15. The second-order valence-electron chi connectivity index (χ2n) is 18.5. The quantitative estimate of drug-likeness (QED) is 0.0262. The molecule has 0 amide bonds. The fourth-order valence-corrected chi connectivity index (χ4v) is 7.65. The molecule has 0 heterocycles. The molecule has 1 atom stereocenters. The number of esters is 3. The van der Waals surface area contributed by atoms with Gasteiger partial charge >= 0.3 is 17.9 Å². The molecule has 0 saturated carbocycles. The summed E-state index contributed by atoms with van der Waals surface area (Å²) in [7, 11) is 0. The molecule has 380 valence electrons. The number of rotatable bonds is 50. The molecule has 0 fully saturated rings. The molecule has 0 rings (SSSR count). The molecule has 0 aliphatic rings. The molecule has 0 aromatic heterocycles. The molecule has 0 aromatic carbocycles. The summed E-state index contributed by atoms with van der Waals surface area (Å²) in [5, 5.41) is 0. The van der Waals surface area contributed by atoms with Gasteiger partial charge in [-0.15, -0.1) is 0 Å². The second kappa shape index (κ2) is 54.5. The second-order valence-corrected chi connectivity index (χ2v) is 18.5. The predicted octanol–water partition coefficient (Wildman–Crippen LogP) is 18.6. The van der Waals surface area contributed by atoms with Gasteiger partial charge in [0.25, 0.3) is 0 Å². The van der Waals surface area contributed by atoms with Crippen LogP contribution >= 0.6 is 0 Å². The fourth-order valence-electron chi connectivity index (χ4n) is 7.65. The van der Waals surface area contributed by atoms with Gasteiger partial charge in [-0.3, -0.25) is 14.4 Å². The van der Waals surface area contributed by atoms with E-state index in [0.29, 0.717) is 19.3 Å². The topological polar surface area (TPSA) is 78.9 Å². The Morgan fingerprint density at radius 2 is 0.545 bits per heavy atom. The normalized spacial score (nSPS) is 12.6. The zero-order valence-corrected chi connectivity index (χ0v) is 43.4. The molecule has 6 heteroatoms. The smallest absolute Gasteiger partial charge is 0.306 e. The molecule has 0 aliphatic heterocycles. The van der Waals surface area contributed by atoms with E-state index in [-0.39, 0.29) is 31.1 Å². The Labute approximate surface area is 408 Å². The van der Waals surface area contributed by atoms with Gasteiger partial charge < -0.3 is 14.2 Å². The van der Waals surface area contributed by atoms with E-state index in [2.05, 4.69) is 93.7 Å². The highest BCUT2D eigenvalue weighted by atomic mass is 16.6. The van der Waals surface area contributed by atoms with Gasteiger partial charge in [-0.2, -0.15) is 0 Å². The highest BCUT2D eigenvalue weighted by Gasteiger charge is 2.19. The van der Waals surface area contributed by atoms with Crippen LogP contribution in [-0.2, 0) is 28.6 Å². The molecule has 0 aromatic rings. The number of unbranched alkanes of at least 4 members (excludes halogenated alkanes) is 27. The lowest BCUT2D eigenvalue weighted by molar-refractivity contribution is -0.167. The minimum Gasteiger partial charge on any atom is -0.462 e. The third-order valence-corrected chi connectivity index (χ3v) is 11.9. The molecular formula is C60H104O6. The van der Waals surface area contributed by atoms with E-state index in [4.69, 9.17) is 14.2 Å². The van der Waals surface area contributed by atoms with Crippen LogP contribution in [-0.4, -0.2) is 37.2 Å². The minimum atomic E-state index is -0.792. The van der Waals surface area contributed by atoms with Crippen molar-refractivity contribution in [1.29, 1.82) is 0 Å². The molecule has 6 nitrogen and oxygen atoms in total. The van der Waals surface area contributed by atoms with E-state index >= 15 is 0 Å². The van der Waals surface area contributed by atoms with Gasteiger partial charge in [-0.1, -0.05) is 209 Å². The lowest BCUT2D eigenvalue weighted by Crippen LogP contribution is -2.30. The maximum atomic E-state index is 12.8. The van der Waals surface area contributed by atoms with Gasteiger partial charge in [0.1, 0.15) is 13.2 Å². The lowest BCUT2D eigenvalue weighted by atomic mass is 10.1. The third kappa shape index (κ3) is 51.8. The zero-order valence-electron chi connectivity index (χ0n) is 43.4. The lowest BCUT2D eigenvalue weighted by Gasteiger charge is -2.18. The van der Waals surface area contributed by atoms with Crippen molar-refractivity contribution >= 4 is 17.9 Å². The summed E-state index contributed by atoms with van der Waals surface area (Å²) < 4.78 is 16.8. The van der Waals surface area contributed by atoms with E-state index < -0.39 is 6.10 Å². The maximum absolute atomic E-state index is 12.8. The molecule has 0 radical (unpaired) electrons. The summed E-state index contributed by atoms with van der Waals surface area (Å²) in [4.78, 5) is 38.1. The van der Waals surface area contributed by atoms with Crippen molar-refractivity contribution in [3.63, 3.8) is 0 Å². The van der Waals surface area contributed by atoms with Gasteiger partial charge in [0, 0.05) is 19.3 Å². The molecule has 66 heavy (non-hydrogen) atoms. The van der Waals surface area contributed by atoms with Crippen LogP contribution in [0.2, 0.25) is 0 Å². The van der Waals surface area contributed by atoms with Crippen molar-refractivity contribution in [3.05, 3.63) is 72.9 Å². The van der Waals surface area contributed by atoms with Gasteiger partial charge in [0.15, 0.2) is 6.10 Å². The number of hydrogen-bond acceptors (Lipinski definition) is 6. The monoisotopic (exact) mass is 921 g/mol. The Kier molecular flexibility index (Phi) is 51.9. The van der Waals surface area contributed by atoms with Crippen molar-refractivity contribution in [2.75, 3.05) is 13.2 Å². The highest BCUT2D eigenvalue weighted by molar-refractivity contribution is 5.71. The summed E-state index contributed by atoms with van der Waals surface area (Å²) in [6, 6.07) is 0. The summed E-state index contributed by atoms with van der Waals surface area (Å²) in [6.45, 7) is 6.54. The largest absolute Gasteiger partial charge is 0.462 e. The van der Waals surface area contributed by atoms with Crippen LogP contribution < -0.4 is 0 Å². The Morgan fingerprint density at radius 1 is 0.303 bits per heavy atom. The number of carbonyl (C=O) groups is 3.